The van der Waals surface area contributed by atoms with Gasteiger partial charge in [-0.05, 0) is 48.2 Å². The number of halogens is 3. The van der Waals surface area contributed by atoms with Crippen LogP contribution in [-0.4, -0.2) is 11.1 Å². The lowest BCUT2D eigenvalue weighted by atomic mass is 10.1. The number of hydrogen-bond donors (Lipinski definition) is 0. The summed E-state index contributed by atoms with van der Waals surface area (Å²) in [6.07, 6.45) is 2.51. The quantitative estimate of drug-likeness (QED) is 0.446. The van der Waals surface area contributed by atoms with Gasteiger partial charge < -0.3 is 4.42 Å². The van der Waals surface area contributed by atoms with E-state index in [1.807, 2.05) is 0 Å². The molecule has 1 aliphatic heterocycles. The largest absolute Gasteiger partial charge is 0.462 e. The lowest BCUT2D eigenvalue weighted by molar-refractivity contribution is -0.113. The number of fused-ring (bicyclic) bond motifs is 1. The Labute approximate surface area is 177 Å². The van der Waals surface area contributed by atoms with Gasteiger partial charge in [0.05, 0.1) is 26.6 Å². The molecule has 0 atom stereocenters. The molecule has 9 heteroatoms. The molecule has 2 heterocycles. The van der Waals surface area contributed by atoms with Gasteiger partial charge in [-0.25, -0.2) is 4.90 Å². The summed E-state index contributed by atoms with van der Waals surface area (Å²) in [5, 5.41) is 0.565. The lowest BCUT2D eigenvalue weighted by Crippen LogP contribution is -2.27. The summed E-state index contributed by atoms with van der Waals surface area (Å²) in [6.45, 7) is 0. The van der Waals surface area contributed by atoms with E-state index in [4.69, 9.17) is 39.2 Å². The first kappa shape index (κ1) is 19.1. The van der Waals surface area contributed by atoms with Crippen molar-refractivity contribution in [3.05, 3.63) is 78.4 Å². The van der Waals surface area contributed by atoms with Crippen molar-refractivity contribution in [2.24, 2.45) is 0 Å². The Balaban J connectivity index is 1.78. The Morgan fingerprint density at radius 1 is 1.00 bits per heavy atom. The zero-order valence-electron chi connectivity index (χ0n) is 13.7. The number of benzene rings is 2. The summed E-state index contributed by atoms with van der Waals surface area (Å²) in [4.78, 5) is 38.9. The molecule has 0 N–H and O–H groups in total. The number of carbonyl (C=O) groups is 2. The minimum Gasteiger partial charge on any atom is -0.462 e. The molecule has 0 aliphatic carbocycles. The Hall–Kier alpha value is -2.25. The van der Waals surface area contributed by atoms with Gasteiger partial charge in [-0.1, -0.05) is 40.9 Å². The summed E-state index contributed by atoms with van der Waals surface area (Å²) in [7, 11) is 0. The van der Waals surface area contributed by atoms with E-state index < -0.39 is 16.6 Å². The van der Waals surface area contributed by atoms with Gasteiger partial charge >= 0.3 is 0 Å². The van der Waals surface area contributed by atoms with Crippen molar-refractivity contribution in [2.75, 3.05) is 4.90 Å². The molecule has 0 radical (unpaired) electrons. The number of imide groups is 1. The van der Waals surface area contributed by atoms with Crippen molar-refractivity contribution >= 4 is 80.4 Å². The van der Waals surface area contributed by atoms with Gasteiger partial charge in [0.2, 0.25) is 0 Å². The molecule has 0 bridgehead atoms. The van der Waals surface area contributed by atoms with Gasteiger partial charge in [-0.3, -0.25) is 14.4 Å². The second kappa shape index (κ2) is 7.29. The van der Waals surface area contributed by atoms with Crippen molar-refractivity contribution in [3.63, 3.8) is 0 Å². The third-order valence-electron chi connectivity index (χ3n) is 3.97. The highest BCUT2D eigenvalue weighted by Gasteiger charge is 2.36. The van der Waals surface area contributed by atoms with Gasteiger partial charge in [0, 0.05) is 10.0 Å². The first-order valence-electron chi connectivity index (χ1n) is 7.79. The normalized spacial score (nSPS) is 15.8. The monoisotopic (exact) mass is 451 g/mol. The van der Waals surface area contributed by atoms with Gasteiger partial charge in [0.15, 0.2) is 11.0 Å². The topological polar surface area (TPSA) is 67.6 Å². The highest BCUT2D eigenvalue weighted by molar-refractivity contribution is 8.19. The molecule has 1 fully saturated rings. The maximum absolute atomic E-state index is 12.7. The smallest absolute Gasteiger partial charge is 0.298 e. The highest BCUT2D eigenvalue weighted by atomic mass is 35.5. The summed E-state index contributed by atoms with van der Waals surface area (Å²) in [6, 6.07) is 9.27. The molecule has 4 rings (SSSR count). The van der Waals surface area contributed by atoms with Gasteiger partial charge in [0.1, 0.15) is 6.26 Å². The van der Waals surface area contributed by atoms with Crippen LogP contribution >= 0.6 is 46.6 Å². The second-order valence-electron chi connectivity index (χ2n) is 5.78. The number of nitrogens with zero attached hydrogens (tertiary/aromatic N) is 1. The predicted octanol–water partition coefficient (Wildman–Crippen LogP) is 5.99. The molecule has 5 nitrogen and oxygen atoms in total. The van der Waals surface area contributed by atoms with Crippen molar-refractivity contribution in [1.29, 1.82) is 0 Å². The van der Waals surface area contributed by atoms with Gasteiger partial charge in [-0.2, -0.15) is 0 Å². The Bertz CT molecular complexity index is 1250. The summed E-state index contributed by atoms with van der Waals surface area (Å²) in [5.74, 6) is -0.555. The molecule has 0 spiro atoms. The van der Waals surface area contributed by atoms with Crippen LogP contribution in [0.15, 0.2) is 56.8 Å². The molecule has 1 saturated heterocycles. The summed E-state index contributed by atoms with van der Waals surface area (Å²) in [5.41, 5.74) is 0.227. The van der Waals surface area contributed by atoms with Crippen LogP contribution in [0, 0.1) is 0 Å². The van der Waals surface area contributed by atoms with Crippen molar-refractivity contribution < 1.29 is 14.0 Å². The maximum atomic E-state index is 12.7. The van der Waals surface area contributed by atoms with Crippen molar-refractivity contribution in [1.82, 2.24) is 0 Å². The second-order valence-corrected chi connectivity index (χ2v) is 8.05. The third-order valence-corrected chi connectivity index (χ3v) is 5.57. The Morgan fingerprint density at radius 2 is 1.79 bits per heavy atom. The number of anilines is 1. The van der Waals surface area contributed by atoms with E-state index >= 15 is 0 Å². The minimum atomic E-state index is -0.555. The van der Waals surface area contributed by atoms with E-state index in [0.717, 1.165) is 16.7 Å². The van der Waals surface area contributed by atoms with E-state index in [1.165, 1.54) is 30.5 Å². The predicted molar refractivity (Wildman–Crippen MR) is 112 cm³/mol. The average Bonchev–Trinajstić information content (AvgIpc) is 2.91. The maximum Gasteiger partial charge on any atom is 0.298 e. The van der Waals surface area contributed by atoms with Crippen LogP contribution in [0.5, 0.6) is 0 Å². The van der Waals surface area contributed by atoms with Crippen LogP contribution in [0.1, 0.15) is 5.56 Å². The Kier molecular flexibility index (Phi) is 4.97. The number of carbonyl (C=O) groups excluding carboxylic acids is 2. The van der Waals surface area contributed by atoms with Crippen LogP contribution in [0.25, 0.3) is 17.0 Å². The average molecular weight is 453 g/mol. The first-order chi connectivity index (χ1) is 13.3. The SMILES string of the molecule is O=C1S/C(=C/c2coc3c(Cl)cc(Cl)cc3c2=O)C(=O)N1c1cccc(Cl)c1. The molecule has 2 aromatic carbocycles. The third kappa shape index (κ3) is 3.33. The fourth-order valence-electron chi connectivity index (χ4n) is 2.73. The van der Waals surface area contributed by atoms with Crippen LogP contribution in [0.4, 0.5) is 10.5 Å². The van der Waals surface area contributed by atoms with Crippen LogP contribution in [0.2, 0.25) is 15.1 Å². The first-order valence-corrected chi connectivity index (χ1v) is 9.74. The molecule has 3 aromatic rings. The summed E-state index contributed by atoms with van der Waals surface area (Å²) < 4.78 is 5.44. The van der Waals surface area contributed by atoms with E-state index in [-0.39, 0.29) is 31.5 Å². The molecule has 140 valence electrons. The van der Waals surface area contributed by atoms with E-state index in [9.17, 15) is 14.4 Å². The molecule has 1 aromatic heterocycles. The van der Waals surface area contributed by atoms with Gasteiger partial charge in [0.25, 0.3) is 11.1 Å². The Morgan fingerprint density at radius 3 is 2.54 bits per heavy atom. The number of amides is 2. The standard InChI is InChI=1S/C19H8Cl3NO4S/c20-10-2-1-3-12(5-10)23-18(25)15(28-19(23)26)4-9-8-27-17-13(16(9)24)6-11(21)7-14(17)22/h1-8H/b15-4+. The molecule has 1 aliphatic rings. The van der Waals surface area contributed by atoms with Crippen LogP contribution in [0.3, 0.4) is 0 Å². The highest BCUT2D eigenvalue weighted by Crippen LogP contribution is 2.36. The van der Waals surface area contributed by atoms with Crippen molar-refractivity contribution in [2.45, 2.75) is 0 Å². The summed E-state index contributed by atoms with van der Waals surface area (Å²) >= 11 is 18.7. The molecule has 0 saturated carbocycles. The number of hydrogen-bond acceptors (Lipinski definition) is 5. The van der Waals surface area contributed by atoms with E-state index in [0.29, 0.717) is 10.7 Å². The number of rotatable bonds is 2. The fraction of sp³-hybridized carbons (Fsp3) is 0. The molecule has 0 unspecified atom stereocenters. The molecular weight excluding hydrogens is 445 g/mol. The fourth-order valence-corrected chi connectivity index (χ4v) is 4.28. The minimum absolute atomic E-state index is 0.0877. The molecule has 28 heavy (non-hydrogen) atoms. The van der Waals surface area contributed by atoms with E-state index in [2.05, 4.69) is 0 Å². The molecule has 2 amide bonds. The zero-order chi connectivity index (χ0) is 20.0. The lowest BCUT2D eigenvalue weighted by Gasteiger charge is -2.12. The zero-order valence-corrected chi connectivity index (χ0v) is 16.8. The molecular formula is C19H8Cl3NO4S. The van der Waals surface area contributed by atoms with Crippen molar-refractivity contribution in [3.8, 4) is 0 Å². The van der Waals surface area contributed by atoms with Gasteiger partial charge in [-0.15, -0.1) is 0 Å². The van der Waals surface area contributed by atoms with E-state index in [1.54, 1.807) is 18.2 Å². The number of thioether (sulfide) groups is 1. The van der Waals surface area contributed by atoms with Crippen LogP contribution in [-0.2, 0) is 4.79 Å². The van der Waals surface area contributed by atoms with Crippen LogP contribution < -0.4 is 10.3 Å².